The van der Waals surface area contributed by atoms with Crippen LogP contribution in [0, 0.1) is 0 Å². The van der Waals surface area contributed by atoms with Crippen LogP contribution < -0.4 is 5.32 Å². The van der Waals surface area contributed by atoms with Crippen LogP contribution in [0.3, 0.4) is 0 Å². The van der Waals surface area contributed by atoms with Gasteiger partial charge in [0.1, 0.15) is 12.3 Å². The highest BCUT2D eigenvalue weighted by Crippen LogP contribution is 2.44. The van der Waals surface area contributed by atoms with E-state index in [1.54, 1.807) is 0 Å². The summed E-state index contributed by atoms with van der Waals surface area (Å²) in [6, 6.07) is 17.8. The molecule has 36 heavy (non-hydrogen) atoms. The van der Waals surface area contributed by atoms with Gasteiger partial charge in [0.2, 0.25) is 5.11 Å². The molecule has 4 rings (SSSR count). The lowest BCUT2D eigenvalue weighted by molar-refractivity contribution is -0.141. The maximum atomic E-state index is 13.1. The number of thiocarbonyl (C=S) groups is 1. The molecule has 11 heteroatoms. The van der Waals surface area contributed by atoms with Crippen LogP contribution in [0.15, 0.2) is 71.2 Å². The van der Waals surface area contributed by atoms with Crippen molar-refractivity contribution >= 4 is 33.2 Å². The van der Waals surface area contributed by atoms with Crippen LogP contribution in [-0.4, -0.2) is 33.3 Å². The lowest BCUT2D eigenvalue weighted by atomic mass is 9.98. The van der Waals surface area contributed by atoms with E-state index in [-0.39, 0.29) is 17.6 Å². The zero-order valence-corrected chi connectivity index (χ0v) is 20.9. The zero-order chi connectivity index (χ0) is 26.1. The summed E-state index contributed by atoms with van der Waals surface area (Å²) in [4.78, 5) is 15.8. The quantitative estimate of drug-likeness (QED) is 0.411. The lowest BCUT2D eigenvalue weighted by Crippen LogP contribution is -2.30. The molecule has 6 nitrogen and oxygen atoms in total. The van der Waals surface area contributed by atoms with Gasteiger partial charge in [-0.1, -0.05) is 54.6 Å². The smallest absolute Gasteiger partial charge is 0.433 e. The number of carbonyl (C=O) groups is 1. The first-order valence-corrected chi connectivity index (χ1v) is 13.3. The Balaban J connectivity index is 1.40. The minimum Gasteiger partial charge on any atom is -0.448 e. The van der Waals surface area contributed by atoms with Gasteiger partial charge < -0.3 is 4.74 Å². The fraction of sp³-hybridized carbons (Fsp3) is 0.240. The molecule has 1 aromatic heterocycles. The highest BCUT2D eigenvalue weighted by atomic mass is 32.2. The first-order valence-electron chi connectivity index (χ1n) is 10.9. The number of fused-ring (bicyclic) bond motifs is 3. The molecular formula is C25H22F3N3O3S2. The van der Waals surface area contributed by atoms with Gasteiger partial charge in [-0.15, -0.1) is 0 Å². The van der Waals surface area contributed by atoms with Crippen molar-refractivity contribution in [1.29, 1.82) is 0 Å². The second kappa shape index (κ2) is 9.98. The molecule has 3 aromatic rings. The fourth-order valence-corrected chi connectivity index (χ4v) is 5.76. The van der Waals surface area contributed by atoms with E-state index in [0.29, 0.717) is 5.56 Å². The van der Waals surface area contributed by atoms with Gasteiger partial charge in [0.05, 0.1) is 15.0 Å². The Morgan fingerprint density at radius 3 is 2.22 bits per heavy atom. The molecular weight excluding hydrogens is 511 g/mol. The topological polar surface area (TPSA) is 80.7 Å². The monoisotopic (exact) mass is 533 g/mol. The van der Waals surface area contributed by atoms with Crippen LogP contribution in [0.25, 0.3) is 11.1 Å². The summed E-state index contributed by atoms with van der Waals surface area (Å²) in [5.41, 5.74) is 3.52. The maximum absolute atomic E-state index is 13.1. The third kappa shape index (κ3) is 5.41. The summed E-state index contributed by atoms with van der Waals surface area (Å²) in [5, 5.41) is 1.17. The molecule has 1 heterocycles. The second-order valence-electron chi connectivity index (χ2n) is 8.32. The summed E-state index contributed by atoms with van der Waals surface area (Å²) < 4.78 is 60.7. The van der Waals surface area contributed by atoms with E-state index >= 15 is 0 Å². The Labute approximate surface area is 212 Å². The minimum absolute atomic E-state index is 0.0671. The van der Waals surface area contributed by atoms with Crippen LogP contribution in [0.5, 0.6) is 0 Å². The van der Waals surface area contributed by atoms with Gasteiger partial charge >= 0.3 is 12.3 Å². The SMILES string of the molecule is CC(c1ccc(C(F)(F)F)nc1)S(C)(=O)=NC(=S)NC(=O)OCC1c2ccccc2-c2ccccc21. The average molecular weight is 534 g/mol. The van der Waals surface area contributed by atoms with Crippen LogP contribution >= 0.6 is 12.2 Å². The van der Waals surface area contributed by atoms with Crippen LogP contribution in [-0.2, 0) is 20.6 Å². The number of carbonyl (C=O) groups excluding carboxylic acids is 1. The van der Waals surface area contributed by atoms with Crippen LogP contribution in [0.1, 0.15) is 40.5 Å². The van der Waals surface area contributed by atoms with E-state index in [4.69, 9.17) is 17.0 Å². The van der Waals surface area contributed by atoms with Gasteiger partial charge in [-0.05, 0) is 53.0 Å². The molecule has 0 saturated carbocycles. The fourth-order valence-electron chi connectivity index (χ4n) is 4.05. The van der Waals surface area contributed by atoms with Gasteiger partial charge in [0.15, 0.2) is 0 Å². The largest absolute Gasteiger partial charge is 0.448 e. The first-order chi connectivity index (χ1) is 17.0. The Morgan fingerprint density at radius 2 is 1.69 bits per heavy atom. The average Bonchev–Trinajstić information content (AvgIpc) is 3.15. The summed E-state index contributed by atoms with van der Waals surface area (Å²) in [7, 11) is -3.07. The molecule has 1 N–H and O–H groups in total. The number of rotatable bonds is 4. The number of pyridine rings is 1. The normalized spacial score (nSPS) is 15.2. The summed E-state index contributed by atoms with van der Waals surface area (Å²) in [6.45, 7) is 1.60. The highest BCUT2D eigenvalue weighted by Gasteiger charge is 2.32. The number of benzene rings is 2. The van der Waals surface area contributed by atoms with Crippen molar-refractivity contribution in [2.75, 3.05) is 12.9 Å². The highest BCUT2D eigenvalue weighted by molar-refractivity contribution is 7.94. The molecule has 2 unspecified atom stereocenters. The molecule has 1 aliphatic rings. The maximum Gasteiger partial charge on any atom is 0.433 e. The molecule has 0 saturated heterocycles. The number of nitrogens with one attached hydrogen (secondary N) is 1. The van der Waals surface area contributed by atoms with Gasteiger partial charge in [-0.3, -0.25) is 10.3 Å². The summed E-state index contributed by atoms with van der Waals surface area (Å²) >= 11 is 5.07. The number of nitrogens with zero attached hydrogens (tertiary/aromatic N) is 2. The van der Waals surface area contributed by atoms with Gasteiger partial charge in [-0.2, -0.15) is 17.5 Å². The number of alkyl halides is 3. The molecule has 2 atom stereocenters. The van der Waals surface area contributed by atoms with Crippen LogP contribution in [0.2, 0.25) is 0 Å². The van der Waals surface area contributed by atoms with E-state index in [1.165, 1.54) is 19.2 Å². The molecule has 0 bridgehead atoms. The second-order valence-corrected chi connectivity index (χ2v) is 11.3. The number of alkyl carbamates (subject to hydrolysis) is 1. The van der Waals surface area contributed by atoms with Crippen molar-refractivity contribution in [2.24, 2.45) is 4.36 Å². The first kappa shape index (κ1) is 25.8. The van der Waals surface area contributed by atoms with Crippen molar-refractivity contribution in [1.82, 2.24) is 10.3 Å². The number of hydrogen-bond donors (Lipinski definition) is 1. The van der Waals surface area contributed by atoms with Crippen LogP contribution in [0.4, 0.5) is 18.0 Å². The number of hydrogen-bond acceptors (Lipinski definition) is 5. The summed E-state index contributed by atoms with van der Waals surface area (Å²) in [6.07, 6.45) is -3.10. The molecule has 0 radical (unpaired) electrons. The number of ether oxygens (including phenoxy) is 1. The third-order valence-electron chi connectivity index (χ3n) is 6.02. The molecule has 0 fully saturated rings. The predicted octanol–water partition coefficient (Wildman–Crippen LogP) is 6.08. The Kier molecular flexibility index (Phi) is 7.14. The van der Waals surface area contributed by atoms with E-state index < -0.39 is 32.9 Å². The van der Waals surface area contributed by atoms with Crippen molar-refractivity contribution in [3.63, 3.8) is 0 Å². The minimum atomic E-state index is -4.58. The van der Waals surface area contributed by atoms with Gasteiger partial charge in [-0.25, -0.2) is 9.00 Å². The van der Waals surface area contributed by atoms with E-state index in [9.17, 15) is 22.2 Å². The van der Waals surface area contributed by atoms with Gasteiger partial charge in [0, 0.05) is 18.4 Å². The Hall–Kier alpha value is -3.31. The number of aromatic nitrogens is 1. The Morgan fingerprint density at radius 1 is 1.11 bits per heavy atom. The van der Waals surface area contributed by atoms with Crippen molar-refractivity contribution in [3.05, 3.63) is 89.2 Å². The van der Waals surface area contributed by atoms with Gasteiger partial charge in [0.25, 0.3) is 0 Å². The van der Waals surface area contributed by atoms with Crippen molar-refractivity contribution in [2.45, 2.75) is 24.3 Å². The number of amides is 1. The standard InChI is InChI=1S/C25H22F3N3O3S2/c1-15(16-11-12-22(29-13-16)25(26,27)28)36(2,33)31-23(35)30-24(32)34-14-21-19-9-5-3-7-17(19)18-8-4-6-10-20(18)21/h3-13,15,21H,14H2,1-2H3,(H,30,32,35). The van der Waals surface area contributed by atoms with E-state index in [1.807, 2.05) is 48.5 Å². The summed E-state index contributed by atoms with van der Waals surface area (Å²) in [5.74, 6) is -0.142. The van der Waals surface area contributed by atoms with Crippen molar-refractivity contribution in [3.8, 4) is 11.1 Å². The van der Waals surface area contributed by atoms with E-state index in [2.05, 4.69) is 14.7 Å². The zero-order valence-electron chi connectivity index (χ0n) is 19.3. The molecule has 0 spiro atoms. The third-order valence-corrected chi connectivity index (χ3v) is 8.46. The lowest BCUT2D eigenvalue weighted by Gasteiger charge is -2.16. The molecule has 1 aliphatic carbocycles. The van der Waals surface area contributed by atoms with E-state index in [0.717, 1.165) is 34.5 Å². The number of halogens is 3. The molecule has 2 aromatic carbocycles. The Bertz CT molecular complexity index is 1390. The molecule has 188 valence electrons. The van der Waals surface area contributed by atoms with Crippen molar-refractivity contribution < 1.29 is 26.9 Å². The molecule has 0 aliphatic heterocycles. The predicted molar refractivity (Wildman–Crippen MR) is 135 cm³/mol. The molecule has 1 amide bonds.